The molecule has 0 unspecified atom stereocenters. The summed E-state index contributed by atoms with van der Waals surface area (Å²) in [7, 11) is 0. The van der Waals surface area contributed by atoms with Crippen LogP contribution in [0.5, 0.6) is 0 Å². The van der Waals surface area contributed by atoms with Crippen molar-refractivity contribution >= 4 is 10.8 Å². The standard InChI is InChI=1S/C18H14.C12H10.C10H8/c1-3-8-15(9-4-1)17-12-7-13-18(14-17)16-10-5-2-6-11-16;1-3-7-11(8-4-1)12-9-5-2-6-10-12;1-2-6-10-8-4-3-7-9(10)5-1/h1-14H;1-10H;1-8H. The highest BCUT2D eigenvalue weighted by Gasteiger charge is 2.00. The molecule has 0 saturated heterocycles. The van der Waals surface area contributed by atoms with E-state index in [0.717, 1.165) is 0 Å². The van der Waals surface area contributed by atoms with E-state index >= 15 is 0 Å². The molecular weight excluding hydrogens is 480 g/mol. The lowest BCUT2D eigenvalue weighted by atomic mass is 9.99. The van der Waals surface area contributed by atoms with Gasteiger partial charge in [0.05, 0.1) is 0 Å². The van der Waals surface area contributed by atoms with E-state index in [1.807, 2.05) is 24.3 Å². The van der Waals surface area contributed by atoms with Gasteiger partial charge in [-0.3, -0.25) is 0 Å². The van der Waals surface area contributed by atoms with E-state index in [1.54, 1.807) is 0 Å². The van der Waals surface area contributed by atoms with Crippen molar-refractivity contribution in [1.29, 1.82) is 0 Å². The van der Waals surface area contributed by atoms with Crippen LogP contribution in [-0.2, 0) is 0 Å². The zero-order valence-corrected chi connectivity index (χ0v) is 22.5. The maximum atomic E-state index is 2.24. The van der Waals surface area contributed by atoms with Gasteiger partial charge in [0.15, 0.2) is 0 Å². The van der Waals surface area contributed by atoms with E-state index in [9.17, 15) is 0 Å². The topological polar surface area (TPSA) is 0 Å². The summed E-state index contributed by atoms with van der Waals surface area (Å²) in [6, 6.07) is 67.1. The number of rotatable bonds is 3. The first-order chi connectivity index (χ1) is 19.9. The van der Waals surface area contributed by atoms with Crippen molar-refractivity contribution in [1.82, 2.24) is 0 Å². The molecular formula is C40H32. The molecule has 0 amide bonds. The molecule has 0 nitrogen and oxygen atoms in total. The Morgan fingerprint density at radius 1 is 0.175 bits per heavy atom. The molecule has 7 aromatic carbocycles. The van der Waals surface area contributed by atoms with Crippen LogP contribution in [0, 0.1) is 0 Å². The van der Waals surface area contributed by atoms with E-state index < -0.39 is 0 Å². The first-order valence-electron chi connectivity index (χ1n) is 13.6. The van der Waals surface area contributed by atoms with E-state index in [1.165, 1.54) is 44.2 Å². The molecule has 7 rings (SSSR count). The quantitative estimate of drug-likeness (QED) is 0.221. The van der Waals surface area contributed by atoms with E-state index in [0.29, 0.717) is 0 Å². The highest BCUT2D eigenvalue weighted by molar-refractivity contribution is 5.82. The van der Waals surface area contributed by atoms with Crippen molar-refractivity contribution in [3.8, 4) is 33.4 Å². The molecule has 0 fully saturated rings. The van der Waals surface area contributed by atoms with Crippen LogP contribution in [-0.4, -0.2) is 0 Å². The summed E-state index contributed by atoms with van der Waals surface area (Å²) >= 11 is 0. The van der Waals surface area contributed by atoms with Crippen LogP contribution in [0.25, 0.3) is 44.2 Å². The minimum absolute atomic E-state index is 1.26. The third-order valence-corrected chi connectivity index (χ3v) is 6.62. The molecule has 0 heteroatoms. The summed E-state index contributed by atoms with van der Waals surface area (Å²) < 4.78 is 0. The Bertz CT molecular complexity index is 1550. The second-order valence-corrected chi connectivity index (χ2v) is 9.39. The Labute approximate surface area is 237 Å². The summed E-state index contributed by atoms with van der Waals surface area (Å²) in [5, 5.41) is 2.62. The SMILES string of the molecule is c1ccc(-c2cccc(-c3ccccc3)c2)cc1.c1ccc(-c2ccccc2)cc1.c1ccc2ccccc2c1. The predicted molar refractivity (Wildman–Crippen MR) is 173 cm³/mol. The molecule has 0 spiro atoms. The summed E-state index contributed by atoms with van der Waals surface area (Å²) in [6.45, 7) is 0. The number of hydrogen-bond acceptors (Lipinski definition) is 0. The number of benzene rings is 7. The monoisotopic (exact) mass is 512 g/mol. The van der Waals surface area contributed by atoms with Gasteiger partial charge in [-0.25, -0.2) is 0 Å². The Hall–Kier alpha value is -5.20. The van der Waals surface area contributed by atoms with Crippen molar-refractivity contribution in [3.05, 3.63) is 194 Å². The smallest absolute Gasteiger partial charge is 0.0178 e. The highest BCUT2D eigenvalue weighted by atomic mass is 14.0. The van der Waals surface area contributed by atoms with Crippen molar-refractivity contribution in [2.75, 3.05) is 0 Å². The molecule has 0 bridgehead atoms. The van der Waals surface area contributed by atoms with Crippen molar-refractivity contribution in [3.63, 3.8) is 0 Å². The zero-order chi connectivity index (χ0) is 27.2. The van der Waals surface area contributed by atoms with Gasteiger partial charge in [-0.05, 0) is 50.2 Å². The molecule has 192 valence electrons. The molecule has 0 N–H and O–H groups in total. The molecule has 0 aromatic heterocycles. The first-order valence-corrected chi connectivity index (χ1v) is 13.6. The van der Waals surface area contributed by atoms with Crippen LogP contribution in [0.2, 0.25) is 0 Å². The minimum atomic E-state index is 1.26. The van der Waals surface area contributed by atoms with Gasteiger partial charge in [0.1, 0.15) is 0 Å². The third kappa shape index (κ3) is 7.43. The van der Waals surface area contributed by atoms with Crippen molar-refractivity contribution in [2.24, 2.45) is 0 Å². The van der Waals surface area contributed by atoms with Crippen LogP contribution in [0.15, 0.2) is 194 Å². The molecule has 0 atom stereocenters. The lowest BCUT2D eigenvalue weighted by Crippen LogP contribution is -1.80. The fourth-order valence-electron chi connectivity index (χ4n) is 4.53. The number of hydrogen-bond donors (Lipinski definition) is 0. The molecule has 7 aromatic rings. The van der Waals surface area contributed by atoms with Crippen LogP contribution in [0.4, 0.5) is 0 Å². The lowest BCUT2D eigenvalue weighted by molar-refractivity contribution is 1.59. The van der Waals surface area contributed by atoms with Crippen LogP contribution >= 0.6 is 0 Å². The largest absolute Gasteiger partial charge is 0.0622 e. The van der Waals surface area contributed by atoms with Crippen LogP contribution in [0.3, 0.4) is 0 Å². The Balaban J connectivity index is 0.000000128. The Morgan fingerprint density at radius 2 is 0.400 bits per heavy atom. The van der Waals surface area contributed by atoms with Crippen molar-refractivity contribution in [2.45, 2.75) is 0 Å². The Kier molecular flexibility index (Phi) is 9.30. The predicted octanol–water partition coefficient (Wildman–Crippen LogP) is 11.2. The average molecular weight is 513 g/mol. The highest BCUT2D eigenvalue weighted by Crippen LogP contribution is 2.26. The first kappa shape index (κ1) is 26.4. The average Bonchev–Trinajstić information content (AvgIpc) is 3.07. The van der Waals surface area contributed by atoms with E-state index in [4.69, 9.17) is 0 Å². The van der Waals surface area contributed by atoms with Crippen molar-refractivity contribution < 1.29 is 0 Å². The van der Waals surface area contributed by atoms with Gasteiger partial charge in [0.2, 0.25) is 0 Å². The molecule has 0 aliphatic heterocycles. The minimum Gasteiger partial charge on any atom is -0.0622 e. The Morgan fingerprint density at radius 3 is 0.700 bits per heavy atom. The fraction of sp³-hybridized carbons (Fsp3) is 0. The summed E-state index contributed by atoms with van der Waals surface area (Å²) in [5.41, 5.74) is 7.59. The van der Waals surface area contributed by atoms with E-state index in [-0.39, 0.29) is 0 Å². The normalized spacial score (nSPS) is 10.0. The van der Waals surface area contributed by atoms with Gasteiger partial charge in [-0.15, -0.1) is 0 Å². The lowest BCUT2D eigenvalue weighted by Gasteiger charge is -2.05. The second kappa shape index (κ2) is 14.1. The molecule has 0 aliphatic rings. The maximum absolute atomic E-state index is 2.24. The summed E-state index contributed by atoms with van der Waals surface area (Å²) in [6.07, 6.45) is 0. The molecule has 0 aliphatic carbocycles. The van der Waals surface area contributed by atoms with Gasteiger partial charge in [-0.2, -0.15) is 0 Å². The third-order valence-electron chi connectivity index (χ3n) is 6.62. The second-order valence-electron chi connectivity index (χ2n) is 9.39. The fourth-order valence-corrected chi connectivity index (χ4v) is 4.53. The summed E-state index contributed by atoms with van der Waals surface area (Å²) in [4.78, 5) is 0. The molecule has 40 heavy (non-hydrogen) atoms. The number of fused-ring (bicyclic) bond motifs is 1. The van der Waals surface area contributed by atoms with Gasteiger partial charge in [0, 0.05) is 0 Å². The van der Waals surface area contributed by atoms with Gasteiger partial charge in [0.25, 0.3) is 0 Å². The molecule has 0 saturated carbocycles. The van der Waals surface area contributed by atoms with Gasteiger partial charge >= 0.3 is 0 Å². The van der Waals surface area contributed by atoms with Gasteiger partial charge < -0.3 is 0 Å². The molecule has 0 radical (unpaired) electrons. The summed E-state index contributed by atoms with van der Waals surface area (Å²) in [5.74, 6) is 0. The molecule has 0 heterocycles. The van der Waals surface area contributed by atoms with Gasteiger partial charge in [-0.1, -0.05) is 188 Å². The maximum Gasteiger partial charge on any atom is -0.0178 e. The van der Waals surface area contributed by atoms with E-state index in [2.05, 4.69) is 170 Å². The van der Waals surface area contributed by atoms with Crippen LogP contribution < -0.4 is 0 Å². The van der Waals surface area contributed by atoms with Crippen LogP contribution in [0.1, 0.15) is 0 Å². The zero-order valence-electron chi connectivity index (χ0n) is 22.5.